The first-order valence-electron chi connectivity index (χ1n) is 9.36. The normalized spacial score (nSPS) is 12.3. The van der Waals surface area contributed by atoms with Crippen LogP contribution >= 0.6 is 35.3 Å². The molecule has 1 N–H and O–H groups in total. The molecule has 29 heavy (non-hydrogen) atoms. The fourth-order valence-corrected chi connectivity index (χ4v) is 3.39. The van der Waals surface area contributed by atoms with E-state index in [0.29, 0.717) is 19.7 Å². The van der Waals surface area contributed by atoms with Crippen molar-refractivity contribution < 1.29 is 13.9 Å². The molecule has 2 aromatic rings. The van der Waals surface area contributed by atoms with Crippen LogP contribution in [0.25, 0.3) is 0 Å². The largest absolute Gasteiger partial charge is 0.491 e. The molecule has 1 aromatic carbocycles. The van der Waals surface area contributed by atoms with E-state index in [1.807, 2.05) is 44.2 Å². The number of aromatic nitrogens is 1. The van der Waals surface area contributed by atoms with E-state index in [1.165, 1.54) is 6.07 Å². The highest BCUT2D eigenvalue weighted by Crippen LogP contribution is 2.21. The molecule has 0 amide bonds. The highest BCUT2D eigenvalue weighted by molar-refractivity contribution is 14.0. The van der Waals surface area contributed by atoms with E-state index in [2.05, 4.69) is 15.3 Å². The molecular weight excluding hydrogens is 506 g/mol. The van der Waals surface area contributed by atoms with E-state index in [9.17, 15) is 4.39 Å². The Morgan fingerprint density at radius 2 is 2.14 bits per heavy atom. The molecule has 1 aromatic heterocycles. The first-order chi connectivity index (χ1) is 13.5. The third-order valence-corrected chi connectivity index (χ3v) is 5.13. The maximum Gasteiger partial charge on any atom is 0.194 e. The summed E-state index contributed by atoms with van der Waals surface area (Å²) in [6.45, 7) is 8.00. The minimum absolute atomic E-state index is 0. The van der Waals surface area contributed by atoms with Crippen molar-refractivity contribution in [2.45, 2.75) is 40.0 Å². The van der Waals surface area contributed by atoms with E-state index >= 15 is 0 Å². The van der Waals surface area contributed by atoms with Gasteiger partial charge in [-0.1, -0.05) is 6.07 Å². The van der Waals surface area contributed by atoms with Crippen molar-refractivity contribution >= 4 is 41.3 Å². The summed E-state index contributed by atoms with van der Waals surface area (Å²) in [5, 5.41) is 6.26. The Labute approximate surface area is 193 Å². The molecule has 6 nitrogen and oxygen atoms in total. The van der Waals surface area contributed by atoms with Crippen LogP contribution in [0, 0.1) is 5.82 Å². The number of halogens is 2. The van der Waals surface area contributed by atoms with Crippen LogP contribution in [0.3, 0.4) is 0 Å². The number of methoxy groups -OCH3 is 1. The van der Waals surface area contributed by atoms with Crippen LogP contribution in [0.15, 0.2) is 28.6 Å². The lowest BCUT2D eigenvalue weighted by Crippen LogP contribution is -2.38. The van der Waals surface area contributed by atoms with Crippen LogP contribution in [-0.4, -0.2) is 43.2 Å². The van der Waals surface area contributed by atoms with E-state index in [1.54, 1.807) is 24.5 Å². The number of aliphatic imine (C=N–C) groups is 1. The van der Waals surface area contributed by atoms with Crippen molar-refractivity contribution in [1.82, 2.24) is 15.2 Å². The van der Waals surface area contributed by atoms with Crippen LogP contribution < -0.4 is 10.1 Å². The molecule has 0 saturated carbocycles. The average molecular weight is 536 g/mol. The number of ether oxygens (including phenoxy) is 2. The predicted octanol–water partition coefficient (Wildman–Crippen LogP) is 4.60. The Balaban J connectivity index is 0.00000420. The highest BCUT2D eigenvalue weighted by atomic mass is 127. The molecule has 0 fully saturated rings. The molecule has 1 unspecified atom stereocenters. The third kappa shape index (κ3) is 7.71. The zero-order valence-corrected chi connectivity index (χ0v) is 20.7. The Morgan fingerprint density at radius 1 is 1.38 bits per heavy atom. The molecule has 2 rings (SSSR count). The van der Waals surface area contributed by atoms with Crippen molar-refractivity contribution in [2.75, 3.05) is 27.3 Å². The molecule has 0 aliphatic heterocycles. The topological polar surface area (TPSA) is 59.0 Å². The van der Waals surface area contributed by atoms with Crippen LogP contribution in [0.5, 0.6) is 5.75 Å². The van der Waals surface area contributed by atoms with Gasteiger partial charge in [-0.05, 0) is 38.5 Å². The van der Waals surface area contributed by atoms with E-state index in [-0.39, 0.29) is 41.6 Å². The predicted molar refractivity (Wildman–Crippen MR) is 127 cm³/mol. The van der Waals surface area contributed by atoms with Crippen molar-refractivity contribution in [3.05, 3.63) is 45.7 Å². The first-order valence-corrected chi connectivity index (χ1v) is 10.2. The van der Waals surface area contributed by atoms with Gasteiger partial charge in [0, 0.05) is 26.1 Å². The summed E-state index contributed by atoms with van der Waals surface area (Å²) >= 11 is 1.59. The highest BCUT2D eigenvalue weighted by Gasteiger charge is 2.13. The van der Waals surface area contributed by atoms with Gasteiger partial charge >= 0.3 is 0 Å². The molecule has 162 valence electrons. The smallest absolute Gasteiger partial charge is 0.194 e. The lowest BCUT2D eigenvalue weighted by molar-refractivity contribution is 0.119. The Hall–Kier alpha value is -1.46. The standard InChI is InChI=1S/C20H29FN4O2S.HI/c1-6-22-20(23-11-15-8-9-18(27-7-2)17(21)10-15)25(4)12-16-13-28-19(24-16)14(3)26-5;/h8-10,13-14H,6-7,11-12H2,1-5H3,(H,22,23);1H. The minimum Gasteiger partial charge on any atom is -0.491 e. The van der Waals surface area contributed by atoms with Gasteiger partial charge in [0.05, 0.1) is 25.4 Å². The Kier molecular flexibility index (Phi) is 11.4. The van der Waals surface area contributed by atoms with Gasteiger partial charge in [0.25, 0.3) is 0 Å². The molecule has 0 saturated heterocycles. The van der Waals surface area contributed by atoms with Gasteiger partial charge in [-0.15, -0.1) is 35.3 Å². The molecular formula is C20H30FIN4O2S. The van der Waals surface area contributed by atoms with Crippen LogP contribution in [-0.2, 0) is 17.8 Å². The summed E-state index contributed by atoms with van der Waals surface area (Å²) in [4.78, 5) is 11.3. The lowest BCUT2D eigenvalue weighted by atomic mass is 10.2. The minimum atomic E-state index is -0.366. The summed E-state index contributed by atoms with van der Waals surface area (Å²) in [6.07, 6.45) is -0.0134. The molecule has 0 spiro atoms. The molecule has 1 heterocycles. The zero-order valence-electron chi connectivity index (χ0n) is 17.6. The number of rotatable bonds is 9. The van der Waals surface area contributed by atoms with Crippen molar-refractivity contribution in [3.8, 4) is 5.75 Å². The van der Waals surface area contributed by atoms with Crippen LogP contribution in [0.2, 0.25) is 0 Å². The van der Waals surface area contributed by atoms with E-state index < -0.39 is 0 Å². The van der Waals surface area contributed by atoms with Crippen molar-refractivity contribution in [3.63, 3.8) is 0 Å². The van der Waals surface area contributed by atoms with Gasteiger partial charge < -0.3 is 19.7 Å². The third-order valence-electron chi connectivity index (χ3n) is 4.07. The van der Waals surface area contributed by atoms with E-state index in [4.69, 9.17) is 9.47 Å². The summed E-state index contributed by atoms with van der Waals surface area (Å²) in [5.74, 6) is 0.644. The Bertz CT molecular complexity index is 788. The quantitative estimate of drug-likeness (QED) is 0.289. The number of hydrogen-bond donors (Lipinski definition) is 1. The van der Waals surface area contributed by atoms with E-state index in [0.717, 1.165) is 28.8 Å². The summed E-state index contributed by atoms with van der Waals surface area (Å²) in [7, 11) is 3.64. The molecule has 9 heteroatoms. The maximum absolute atomic E-state index is 14.0. The van der Waals surface area contributed by atoms with Gasteiger partial charge in [0.15, 0.2) is 17.5 Å². The molecule has 0 aliphatic carbocycles. The lowest BCUT2D eigenvalue weighted by Gasteiger charge is -2.21. The van der Waals surface area contributed by atoms with Gasteiger partial charge in [-0.25, -0.2) is 14.4 Å². The number of thiazole rings is 1. The van der Waals surface area contributed by atoms with Gasteiger partial charge in [0.1, 0.15) is 11.1 Å². The van der Waals surface area contributed by atoms with Crippen molar-refractivity contribution in [1.29, 1.82) is 0 Å². The number of nitrogens with zero attached hydrogens (tertiary/aromatic N) is 3. The van der Waals surface area contributed by atoms with Crippen LogP contribution in [0.1, 0.15) is 43.1 Å². The van der Waals surface area contributed by atoms with Gasteiger partial charge in [-0.2, -0.15) is 0 Å². The zero-order chi connectivity index (χ0) is 20.5. The Morgan fingerprint density at radius 3 is 2.76 bits per heavy atom. The molecule has 0 bridgehead atoms. The fourth-order valence-electron chi connectivity index (χ4n) is 2.55. The number of benzene rings is 1. The summed E-state index contributed by atoms with van der Waals surface area (Å²) < 4.78 is 24.6. The fraction of sp³-hybridized carbons (Fsp3) is 0.500. The maximum atomic E-state index is 14.0. The second-order valence-corrected chi connectivity index (χ2v) is 7.17. The number of hydrogen-bond acceptors (Lipinski definition) is 5. The number of guanidine groups is 1. The average Bonchev–Trinajstić information content (AvgIpc) is 3.15. The second-order valence-electron chi connectivity index (χ2n) is 6.28. The SMILES string of the molecule is CCNC(=NCc1ccc(OCC)c(F)c1)N(C)Cc1csc(C(C)OC)n1.I. The summed E-state index contributed by atoms with van der Waals surface area (Å²) in [6, 6.07) is 4.95. The molecule has 0 aliphatic rings. The van der Waals surface area contributed by atoms with Crippen molar-refractivity contribution in [2.24, 2.45) is 4.99 Å². The molecule has 1 atom stereocenters. The van der Waals surface area contributed by atoms with Gasteiger partial charge in [-0.3, -0.25) is 0 Å². The second kappa shape index (κ2) is 13.0. The monoisotopic (exact) mass is 536 g/mol. The summed E-state index contributed by atoms with van der Waals surface area (Å²) in [5.41, 5.74) is 1.75. The molecule has 0 radical (unpaired) electrons. The van der Waals surface area contributed by atoms with Gasteiger partial charge in [0.2, 0.25) is 0 Å². The number of nitrogens with one attached hydrogen (secondary N) is 1. The first kappa shape index (κ1) is 25.6. The van der Waals surface area contributed by atoms with Crippen LogP contribution in [0.4, 0.5) is 4.39 Å².